The van der Waals surface area contributed by atoms with Crippen LogP contribution in [0.4, 0.5) is 0 Å². The molecule has 0 aliphatic heterocycles. The molecule has 0 aliphatic carbocycles. The van der Waals surface area contributed by atoms with Gasteiger partial charge in [0.2, 0.25) is 0 Å². The van der Waals surface area contributed by atoms with Crippen molar-refractivity contribution in [2.45, 2.75) is 23.7 Å². The summed E-state index contributed by atoms with van der Waals surface area (Å²) in [6.45, 7) is 1.23. The molecule has 0 unspecified atom stereocenters. The van der Waals surface area contributed by atoms with E-state index in [0.717, 1.165) is 22.6 Å². The van der Waals surface area contributed by atoms with Gasteiger partial charge in [-0.15, -0.1) is 11.8 Å². The van der Waals surface area contributed by atoms with Crippen molar-refractivity contribution in [3.05, 3.63) is 108 Å². The number of carbonyl (C=O) groups excluding carboxylic acids is 1. The molecule has 29 heavy (non-hydrogen) atoms. The first-order valence-corrected chi connectivity index (χ1v) is 10.3. The van der Waals surface area contributed by atoms with E-state index in [1.807, 2.05) is 47.2 Å². The maximum absolute atomic E-state index is 12.6. The molecular weight excluding hydrogens is 382 g/mol. The number of furan rings is 1. The number of aromatic nitrogens is 2. The first kappa shape index (κ1) is 19.1. The van der Waals surface area contributed by atoms with E-state index in [4.69, 9.17) is 4.42 Å². The third-order valence-corrected chi connectivity index (χ3v) is 5.55. The number of nitrogens with zero attached hydrogens (tertiary/aromatic N) is 2. The van der Waals surface area contributed by atoms with Crippen molar-refractivity contribution in [1.29, 1.82) is 0 Å². The van der Waals surface area contributed by atoms with Crippen LogP contribution in [0.2, 0.25) is 0 Å². The molecule has 146 valence electrons. The molecule has 0 fully saturated rings. The van der Waals surface area contributed by atoms with Crippen molar-refractivity contribution in [3.8, 4) is 0 Å². The van der Waals surface area contributed by atoms with Crippen molar-refractivity contribution in [2.24, 2.45) is 0 Å². The number of thioether (sulfide) groups is 1. The number of carbonyl (C=O) groups is 1. The number of nitrogens with one attached hydrogen (secondary N) is 1. The van der Waals surface area contributed by atoms with E-state index in [2.05, 4.69) is 34.6 Å². The summed E-state index contributed by atoms with van der Waals surface area (Å²) < 4.78 is 7.46. The van der Waals surface area contributed by atoms with Gasteiger partial charge in [0, 0.05) is 41.7 Å². The molecule has 0 radical (unpaired) electrons. The topological polar surface area (TPSA) is 60.1 Å². The average molecular weight is 404 g/mol. The lowest BCUT2D eigenvalue weighted by Gasteiger charge is -2.07. The molecule has 0 spiro atoms. The number of hydrogen-bond acceptors (Lipinski definition) is 4. The van der Waals surface area contributed by atoms with Crippen LogP contribution in [0.15, 0.2) is 95.0 Å². The van der Waals surface area contributed by atoms with Gasteiger partial charge in [-0.3, -0.25) is 4.79 Å². The van der Waals surface area contributed by atoms with Gasteiger partial charge in [-0.2, -0.15) is 0 Å². The lowest BCUT2D eigenvalue weighted by molar-refractivity contribution is 0.0922. The Kier molecular flexibility index (Phi) is 6.12. The molecule has 0 aliphatic rings. The minimum absolute atomic E-state index is 0.193. The standard InChI is InChI=1S/C23H21N3O2S/c27-23(22-20(10-13-28-22)16-29-21-4-2-1-3-5-21)25-14-18-6-8-19(9-7-18)15-26-12-11-24-17-26/h1-13,17H,14-16H2,(H,25,27). The molecule has 2 heterocycles. The summed E-state index contributed by atoms with van der Waals surface area (Å²) in [5.41, 5.74) is 3.12. The summed E-state index contributed by atoms with van der Waals surface area (Å²) in [5.74, 6) is 0.873. The van der Waals surface area contributed by atoms with Gasteiger partial charge < -0.3 is 14.3 Å². The quantitative estimate of drug-likeness (QED) is 0.432. The van der Waals surface area contributed by atoms with Crippen LogP contribution in [0.25, 0.3) is 0 Å². The molecule has 0 atom stereocenters. The molecule has 1 N–H and O–H groups in total. The molecule has 0 bridgehead atoms. The Hall–Kier alpha value is -3.25. The predicted molar refractivity (Wildman–Crippen MR) is 114 cm³/mol. The zero-order chi connectivity index (χ0) is 19.9. The van der Waals surface area contributed by atoms with Gasteiger partial charge in [0.05, 0.1) is 12.6 Å². The van der Waals surface area contributed by atoms with E-state index in [9.17, 15) is 4.79 Å². The van der Waals surface area contributed by atoms with E-state index in [1.165, 1.54) is 5.56 Å². The number of benzene rings is 2. The first-order chi connectivity index (χ1) is 14.3. The average Bonchev–Trinajstić information content (AvgIpc) is 3.44. The second kappa shape index (κ2) is 9.30. The van der Waals surface area contributed by atoms with Crippen molar-refractivity contribution in [1.82, 2.24) is 14.9 Å². The van der Waals surface area contributed by atoms with E-state index >= 15 is 0 Å². The number of amides is 1. The smallest absolute Gasteiger partial charge is 0.287 e. The zero-order valence-corrected chi connectivity index (χ0v) is 16.6. The largest absolute Gasteiger partial charge is 0.459 e. The first-order valence-electron chi connectivity index (χ1n) is 9.34. The lowest BCUT2D eigenvalue weighted by atomic mass is 10.1. The van der Waals surface area contributed by atoms with Crippen LogP contribution in [-0.2, 0) is 18.8 Å². The molecule has 1 amide bonds. The lowest BCUT2D eigenvalue weighted by Crippen LogP contribution is -2.23. The Morgan fingerprint density at radius 2 is 1.83 bits per heavy atom. The molecule has 6 heteroatoms. The van der Waals surface area contributed by atoms with Gasteiger partial charge in [0.25, 0.3) is 5.91 Å². The summed E-state index contributed by atoms with van der Waals surface area (Å²) >= 11 is 1.68. The molecule has 4 aromatic rings. The van der Waals surface area contributed by atoms with Gasteiger partial charge in [0.15, 0.2) is 5.76 Å². The monoisotopic (exact) mass is 403 g/mol. The van der Waals surface area contributed by atoms with Gasteiger partial charge in [-0.1, -0.05) is 42.5 Å². The maximum Gasteiger partial charge on any atom is 0.287 e. The summed E-state index contributed by atoms with van der Waals surface area (Å²) in [6, 6.07) is 20.2. The fraction of sp³-hybridized carbons (Fsp3) is 0.130. The van der Waals surface area contributed by atoms with Crippen LogP contribution in [-0.4, -0.2) is 15.5 Å². The highest BCUT2D eigenvalue weighted by Gasteiger charge is 2.15. The number of rotatable bonds is 8. The summed E-state index contributed by atoms with van der Waals surface area (Å²) in [6.07, 6.45) is 7.07. The van der Waals surface area contributed by atoms with E-state index < -0.39 is 0 Å². The van der Waals surface area contributed by atoms with Gasteiger partial charge >= 0.3 is 0 Å². The van der Waals surface area contributed by atoms with Crippen LogP contribution in [0.1, 0.15) is 27.2 Å². The molecule has 0 saturated carbocycles. The van der Waals surface area contributed by atoms with Crippen LogP contribution in [0.3, 0.4) is 0 Å². The molecule has 4 rings (SSSR count). The third kappa shape index (κ3) is 5.18. The van der Waals surface area contributed by atoms with Crippen molar-refractivity contribution >= 4 is 17.7 Å². The number of imidazole rings is 1. The highest BCUT2D eigenvalue weighted by Crippen LogP contribution is 2.24. The van der Waals surface area contributed by atoms with Crippen molar-refractivity contribution in [3.63, 3.8) is 0 Å². The predicted octanol–water partition coefficient (Wildman–Crippen LogP) is 4.75. The minimum atomic E-state index is -0.193. The second-order valence-corrected chi connectivity index (χ2v) is 7.66. The summed E-state index contributed by atoms with van der Waals surface area (Å²) in [5, 5.41) is 2.95. The third-order valence-electron chi connectivity index (χ3n) is 4.49. The molecule has 2 aromatic carbocycles. The maximum atomic E-state index is 12.6. The van der Waals surface area contributed by atoms with Crippen LogP contribution < -0.4 is 5.32 Å². The fourth-order valence-corrected chi connectivity index (χ4v) is 3.84. The number of hydrogen-bond donors (Lipinski definition) is 1. The van der Waals surface area contributed by atoms with Crippen LogP contribution in [0, 0.1) is 0 Å². The minimum Gasteiger partial charge on any atom is -0.459 e. The molecule has 5 nitrogen and oxygen atoms in total. The highest BCUT2D eigenvalue weighted by atomic mass is 32.2. The Balaban J connectivity index is 1.31. The van der Waals surface area contributed by atoms with E-state index in [0.29, 0.717) is 18.1 Å². The molecule has 0 saturated heterocycles. The zero-order valence-electron chi connectivity index (χ0n) is 15.8. The van der Waals surface area contributed by atoms with E-state index in [-0.39, 0.29) is 5.91 Å². The normalized spacial score (nSPS) is 10.8. The van der Waals surface area contributed by atoms with Gasteiger partial charge in [-0.25, -0.2) is 4.98 Å². The molecule has 2 aromatic heterocycles. The Morgan fingerprint density at radius 1 is 1.03 bits per heavy atom. The van der Waals surface area contributed by atoms with Gasteiger partial charge in [-0.05, 0) is 29.3 Å². The van der Waals surface area contributed by atoms with Crippen molar-refractivity contribution in [2.75, 3.05) is 0 Å². The highest BCUT2D eigenvalue weighted by molar-refractivity contribution is 7.98. The van der Waals surface area contributed by atoms with Gasteiger partial charge in [0.1, 0.15) is 0 Å². The summed E-state index contributed by atoms with van der Waals surface area (Å²) in [7, 11) is 0. The van der Waals surface area contributed by atoms with Crippen molar-refractivity contribution < 1.29 is 9.21 Å². The Labute approximate surface area is 173 Å². The Morgan fingerprint density at radius 3 is 2.59 bits per heavy atom. The van der Waals surface area contributed by atoms with Crippen LogP contribution >= 0.6 is 11.8 Å². The fourth-order valence-electron chi connectivity index (χ4n) is 2.94. The summed E-state index contributed by atoms with van der Waals surface area (Å²) in [4.78, 5) is 17.8. The van der Waals surface area contributed by atoms with E-state index in [1.54, 1.807) is 30.5 Å². The van der Waals surface area contributed by atoms with Crippen LogP contribution in [0.5, 0.6) is 0 Å². The molecular formula is C23H21N3O2S. The second-order valence-electron chi connectivity index (χ2n) is 6.61. The SMILES string of the molecule is O=C(NCc1ccc(Cn2ccnc2)cc1)c1occc1CSc1ccccc1. The Bertz CT molecular complexity index is 1040.